The second-order valence-corrected chi connectivity index (χ2v) is 7.68. The van der Waals surface area contributed by atoms with Crippen molar-refractivity contribution in [2.24, 2.45) is 0 Å². The minimum atomic E-state index is -4.82. The number of hydrogen-bond donors (Lipinski definition) is 0. The fourth-order valence-electron chi connectivity index (χ4n) is 3.02. The molecular weight excluding hydrogens is 476 g/mol. The van der Waals surface area contributed by atoms with Gasteiger partial charge in [0.25, 0.3) is 5.56 Å². The molecule has 0 saturated heterocycles. The maximum Gasteiger partial charge on any atom is 0.573 e. The van der Waals surface area contributed by atoms with Crippen molar-refractivity contribution in [3.05, 3.63) is 86.1 Å². The van der Waals surface area contributed by atoms with Crippen molar-refractivity contribution in [3.63, 3.8) is 0 Å². The Morgan fingerprint density at radius 3 is 2.00 bits per heavy atom. The molecule has 3 aromatic carbocycles. The van der Waals surface area contributed by atoms with Crippen molar-refractivity contribution < 1.29 is 17.9 Å². The van der Waals surface area contributed by atoms with Crippen molar-refractivity contribution in [1.29, 1.82) is 0 Å². The molecule has 4 rings (SSSR count). The summed E-state index contributed by atoms with van der Waals surface area (Å²) in [6.45, 7) is 0. The smallest absolute Gasteiger partial charge is 0.406 e. The highest BCUT2D eigenvalue weighted by molar-refractivity contribution is 6.43. The van der Waals surface area contributed by atoms with Crippen LogP contribution in [-0.2, 0) is 0 Å². The normalized spacial score (nSPS) is 11.7. The Kier molecular flexibility index (Phi) is 5.60. The lowest BCUT2D eigenvalue weighted by Crippen LogP contribution is -2.22. The number of aromatic nitrogens is 2. The number of benzene rings is 3. The molecule has 0 aliphatic carbocycles. The van der Waals surface area contributed by atoms with Crippen molar-refractivity contribution in [2.45, 2.75) is 6.36 Å². The van der Waals surface area contributed by atoms with Gasteiger partial charge in [-0.3, -0.25) is 4.79 Å². The van der Waals surface area contributed by atoms with Gasteiger partial charge in [-0.2, -0.15) is 9.78 Å². The predicted molar refractivity (Wildman–Crippen MR) is 114 cm³/mol. The monoisotopic (exact) mass is 484 g/mol. The van der Waals surface area contributed by atoms with E-state index < -0.39 is 17.7 Å². The summed E-state index contributed by atoms with van der Waals surface area (Å²) in [6, 6.07) is 14.5. The second kappa shape index (κ2) is 8.07. The Hall–Kier alpha value is -2.74. The third-order valence-electron chi connectivity index (χ3n) is 4.37. The van der Waals surface area contributed by atoms with E-state index in [1.54, 1.807) is 30.3 Å². The molecule has 0 aliphatic rings. The predicted octanol–water partition coefficient (Wildman–Crippen LogP) is 6.91. The zero-order valence-corrected chi connectivity index (χ0v) is 17.5. The second-order valence-electron chi connectivity index (χ2n) is 6.43. The van der Waals surface area contributed by atoms with E-state index in [4.69, 9.17) is 34.8 Å². The van der Waals surface area contributed by atoms with Gasteiger partial charge in [0, 0.05) is 16.0 Å². The molecule has 31 heavy (non-hydrogen) atoms. The summed E-state index contributed by atoms with van der Waals surface area (Å²) in [4.78, 5) is 13.1. The standard InChI is InChI=1S/C21H10Cl3F3N2O2/c22-12-3-1-11(2-4-12)19-15-9-17(23)18(24)10-16(15)20(30)29(28-19)13-5-7-14(8-6-13)31-21(25,26)27/h1-10H. The van der Waals surface area contributed by atoms with Crippen molar-refractivity contribution in [3.8, 4) is 22.7 Å². The van der Waals surface area contributed by atoms with Crippen LogP contribution in [0.4, 0.5) is 13.2 Å². The molecule has 0 fully saturated rings. The number of alkyl halides is 3. The van der Waals surface area contributed by atoms with Gasteiger partial charge in [-0.25, -0.2) is 0 Å². The lowest BCUT2D eigenvalue weighted by molar-refractivity contribution is -0.274. The van der Waals surface area contributed by atoms with E-state index in [1.807, 2.05) is 0 Å². The summed E-state index contributed by atoms with van der Waals surface area (Å²) in [5, 5.41) is 6.09. The molecule has 158 valence electrons. The Morgan fingerprint density at radius 2 is 1.42 bits per heavy atom. The molecule has 0 amide bonds. The molecule has 1 aromatic heterocycles. The Labute approximate surface area is 188 Å². The molecule has 0 radical (unpaired) electrons. The van der Waals surface area contributed by atoms with Crippen LogP contribution in [0.25, 0.3) is 27.7 Å². The van der Waals surface area contributed by atoms with E-state index in [9.17, 15) is 18.0 Å². The average molecular weight is 486 g/mol. The summed E-state index contributed by atoms with van der Waals surface area (Å²) in [6.07, 6.45) is -4.82. The highest BCUT2D eigenvalue weighted by atomic mass is 35.5. The SMILES string of the molecule is O=c1c2cc(Cl)c(Cl)cc2c(-c2ccc(Cl)cc2)nn1-c1ccc(OC(F)(F)F)cc1. The van der Waals surface area contributed by atoms with Crippen LogP contribution in [0.1, 0.15) is 0 Å². The zero-order chi connectivity index (χ0) is 22.3. The molecule has 4 aromatic rings. The summed E-state index contributed by atoms with van der Waals surface area (Å²) in [5.74, 6) is -0.419. The number of ether oxygens (including phenoxy) is 1. The molecule has 1 heterocycles. The van der Waals surface area contributed by atoms with E-state index in [-0.39, 0.29) is 21.1 Å². The number of rotatable bonds is 3. The molecule has 0 aliphatic heterocycles. The largest absolute Gasteiger partial charge is 0.573 e. The number of halogens is 6. The molecule has 0 bridgehead atoms. The quantitative estimate of drug-likeness (QED) is 0.317. The van der Waals surface area contributed by atoms with Gasteiger partial charge < -0.3 is 4.74 Å². The minimum absolute atomic E-state index is 0.181. The molecule has 10 heteroatoms. The van der Waals surface area contributed by atoms with Gasteiger partial charge in [0.1, 0.15) is 5.75 Å². The van der Waals surface area contributed by atoms with Gasteiger partial charge in [0.2, 0.25) is 0 Å². The van der Waals surface area contributed by atoms with Gasteiger partial charge in [-0.05, 0) is 48.5 Å². The van der Waals surface area contributed by atoms with Crippen LogP contribution < -0.4 is 10.3 Å². The van der Waals surface area contributed by atoms with Crippen LogP contribution in [0.3, 0.4) is 0 Å². The number of hydrogen-bond acceptors (Lipinski definition) is 3. The van der Waals surface area contributed by atoms with Crippen LogP contribution in [0.15, 0.2) is 65.5 Å². The van der Waals surface area contributed by atoms with Crippen LogP contribution >= 0.6 is 34.8 Å². The summed E-state index contributed by atoms with van der Waals surface area (Å²) in [5.41, 5.74) is 0.789. The van der Waals surface area contributed by atoms with E-state index >= 15 is 0 Å². The van der Waals surface area contributed by atoms with Crippen molar-refractivity contribution >= 4 is 45.6 Å². The van der Waals surface area contributed by atoms with Crippen molar-refractivity contribution in [2.75, 3.05) is 0 Å². The number of nitrogens with zero attached hydrogens (tertiary/aromatic N) is 2. The summed E-state index contributed by atoms with van der Waals surface area (Å²) < 4.78 is 42.2. The fourth-order valence-corrected chi connectivity index (χ4v) is 3.47. The molecule has 0 saturated carbocycles. The molecule has 4 nitrogen and oxygen atoms in total. The van der Waals surface area contributed by atoms with E-state index in [1.165, 1.54) is 18.2 Å². The highest BCUT2D eigenvalue weighted by Gasteiger charge is 2.31. The lowest BCUT2D eigenvalue weighted by atomic mass is 10.0. The maximum atomic E-state index is 13.1. The molecule has 0 spiro atoms. The molecule has 0 unspecified atom stereocenters. The summed E-state index contributed by atoms with van der Waals surface area (Å²) >= 11 is 18.2. The Morgan fingerprint density at radius 1 is 0.839 bits per heavy atom. The fraction of sp³-hybridized carbons (Fsp3) is 0.0476. The van der Waals surface area contributed by atoms with Crippen LogP contribution in [0, 0.1) is 0 Å². The van der Waals surface area contributed by atoms with Gasteiger partial charge in [0.15, 0.2) is 0 Å². The lowest BCUT2D eigenvalue weighted by Gasteiger charge is -2.13. The van der Waals surface area contributed by atoms with Crippen LogP contribution in [0.2, 0.25) is 15.1 Å². The average Bonchev–Trinajstić information content (AvgIpc) is 2.70. The first kappa shape index (κ1) is 21.5. The minimum Gasteiger partial charge on any atom is -0.406 e. The third-order valence-corrected chi connectivity index (χ3v) is 5.35. The number of fused-ring (bicyclic) bond motifs is 1. The molecular formula is C21H10Cl3F3N2O2. The van der Waals surface area contributed by atoms with Crippen molar-refractivity contribution in [1.82, 2.24) is 9.78 Å². The topological polar surface area (TPSA) is 44.1 Å². The van der Waals surface area contributed by atoms with Crippen LogP contribution in [-0.4, -0.2) is 16.1 Å². The first-order valence-corrected chi connectivity index (χ1v) is 9.80. The van der Waals surface area contributed by atoms with Gasteiger partial charge >= 0.3 is 6.36 Å². The summed E-state index contributed by atoms with van der Waals surface area (Å²) in [7, 11) is 0. The Balaban J connectivity index is 1.94. The van der Waals surface area contributed by atoms with Gasteiger partial charge in [-0.1, -0.05) is 46.9 Å². The van der Waals surface area contributed by atoms with Gasteiger partial charge in [0.05, 0.1) is 26.8 Å². The Bertz CT molecular complexity index is 1340. The molecule has 0 N–H and O–H groups in total. The maximum absolute atomic E-state index is 13.1. The highest BCUT2D eigenvalue weighted by Crippen LogP contribution is 2.32. The molecule has 0 atom stereocenters. The van der Waals surface area contributed by atoms with Crippen LogP contribution in [0.5, 0.6) is 5.75 Å². The first-order valence-electron chi connectivity index (χ1n) is 8.66. The zero-order valence-electron chi connectivity index (χ0n) is 15.3. The van der Waals surface area contributed by atoms with E-state index in [0.717, 1.165) is 16.8 Å². The van der Waals surface area contributed by atoms with Gasteiger partial charge in [-0.15, -0.1) is 13.2 Å². The van der Waals surface area contributed by atoms with E-state index in [2.05, 4.69) is 9.84 Å². The third kappa shape index (κ3) is 4.49. The first-order chi connectivity index (χ1) is 14.6. The van der Waals surface area contributed by atoms with E-state index in [0.29, 0.717) is 21.7 Å².